The van der Waals surface area contributed by atoms with E-state index in [1.54, 1.807) is 0 Å². The van der Waals surface area contributed by atoms with E-state index in [0.29, 0.717) is 0 Å². The molecule has 0 nitrogen and oxygen atoms in total. The topological polar surface area (TPSA) is 0 Å². The van der Waals surface area contributed by atoms with E-state index in [4.69, 9.17) is 0 Å². The van der Waals surface area contributed by atoms with Crippen LogP contribution in [0.15, 0.2) is 0 Å². The summed E-state index contributed by atoms with van der Waals surface area (Å²) < 4.78 is 0. The molecule has 0 aromatic heterocycles. The normalized spacial score (nSPS) is 29.1. The van der Waals surface area contributed by atoms with Gasteiger partial charge >= 0.3 is 0 Å². The zero-order valence-corrected chi connectivity index (χ0v) is 17.6. The molecule has 0 heteroatoms. The quantitative estimate of drug-likeness (QED) is 0.406. The van der Waals surface area contributed by atoms with Gasteiger partial charge in [0.15, 0.2) is 0 Å². The van der Waals surface area contributed by atoms with Gasteiger partial charge in [0, 0.05) is 0 Å². The molecule has 1 rings (SSSR count). The molecule has 5 atom stereocenters. The van der Waals surface area contributed by atoms with E-state index >= 15 is 0 Å². The average molecular weight is 323 g/mol. The van der Waals surface area contributed by atoms with E-state index in [2.05, 4.69) is 55.4 Å². The van der Waals surface area contributed by atoms with E-state index in [1.165, 1.54) is 44.9 Å². The first kappa shape index (κ1) is 21.0. The molecule has 5 unspecified atom stereocenters. The van der Waals surface area contributed by atoms with Gasteiger partial charge in [0.1, 0.15) is 0 Å². The van der Waals surface area contributed by atoms with Crippen LogP contribution in [-0.2, 0) is 0 Å². The van der Waals surface area contributed by atoms with Gasteiger partial charge in [0.05, 0.1) is 0 Å². The highest BCUT2D eigenvalue weighted by Crippen LogP contribution is 2.40. The highest BCUT2D eigenvalue weighted by molar-refractivity contribution is 4.80. The van der Waals surface area contributed by atoms with Crippen LogP contribution in [0.1, 0.15) is 100 Å². The Morgan fingerprint density at radius 1 is 0.609 bits per heavy atom. The van der Waals surface area contributed by atoms with E-state index < -0.39 is 0 Å². The molecule has 0 radical (unpaired) electrons. The van der Waals surface area contributed by atoms with Gasteiger partial charge in [-0.05, 0) is 85.9 Å². The van der Waals surface area contributed by atoms with Crippen molar-refractivity contribution >= 4 is 0 Å². The summed E-state index contributed by atoms with van der Waals surface area (Å²) >= 11 is 0. The van der Waals surface area contributed by atoms with Gasteiger partial charge in [-0.1, -0.05) is 61.8 Å². The van der Waals surface area contributed by atoms with Crippen LogP contribution in [0.4, 0.5) is 0 Å². The van der Waals surface area contributed by atoms with Crippen molar-refractivity contribution in [1.82, 2.24) is 0 Å². The lowest BCUT2D eigenvalue weighted by molar-refractivity contribution is 0.147. The van der Waals surface area contributed by atoms with Crippen LogP contribution < -0.4 is 0 Å². The third-order valence-electron chi connectivity index (χ3n) is 7.67. The van der Waals surface area contributed by atoms with Crippen LogP contribution in [0.2, 0.25) is 0 Å². The molecular weight excluding hydrogens is 276 g/mol. The minimum absolute atomic E-state index is 0.831. The summed E-state index contributed by atoms with van der Waals surface area (Å²) in [5, 5.41) is 0. The maximum Gasteiger partial charge on any atom is -0.0388 e. The van der Waals surface area contributed by atoms with Crippen molar-refractivity contribution in [3.8, 4) is 0 Å². The van der Waals surface area contributed by atoms with Crippen LogP contribution in [0, 0.1) is 47.3 Å². The monoisotopic (exact) mass is 322 g/mol. The Labute approximate surface area is 148 Å². The lowest BCUT2D eigenvalue weighted by atomic mass is 9.69. The fraction of sp³-hybridized carbons (Fsp3) is 1.00. The minimum atomic E-state index is 0.831. The summed E-state index contributed by atoms with van der Waals surface area (Å²) in [5.74, 6) is 7.37. The first-order valence-corrected chi connectivity index (χ1v) is 10.8. The van der Waals surface area contributed by atoms with Crippen LogP contribution in [0.3, 0.4) is 0 Å². The van der Waals surface area contributed by atoms with Gasteiger partial charge in [0.25, 0.3) is 0 Å². The lowest BCUT2D eigenvalue weighted by Crippen LogP contribution is -2.25. The molecule has 0 aromatic rings. The zero-order chi connectivity index (χ0) is 17.6. The Hall–Kier alpha value is 0. The molecule has 1 aliphatic rings. The lowest BCUT2D eigenvalue weighted by Gasteiger charge is -2.36. The smallest absolute Gasteiger partial charge is 0.0388 e. The molecule has 0 N–H and O–H groups in total. The summed E-state index contributed by atoms with van der Waals surface area (Å²) in [6.07, 6.45) is 10.2. The fourth-order valence-corrected chi connectivity index (χ4v) is 4.72. The van der Waals surface area contributed by atoms with Crippen molar-refractivity contribution in [2.75, 3.05) is 0 Å². The summed E-state index contributed by atoms with van der Waals surface area (Å²) in [6.45, 7) is 19.6. The largest absolute Gasteiger partial charge is 0.0651 e. The molecule has 23 heavy (non-hydrogen) atoms. The first-order chi connectivity index (χ1) is 10.8. The molecule has 1 aliphatic carbocycles. The SMILES string of the molecule is CCC(C)C1CCC(C(C)CC(C)C(C)CC(C)C(C)C)CC1. The van der Waals surface area contributed by atoms with Gasteiger partial charge in [-0.3, -0.25) is 0 Å². The van der Waals surface area contributed by atoms with Crippen LogP contribution in [-0.4, -0.2) is 0 Å². The van der Waals surface area contributed by atoms with Crippen LogP contribution in [0.25, 0.3) is 0 Å². The van der Waals surface area contributed by atoms with Crippen molar-refractivity contribution < 1.29 is 0 Å². The molecule has 0 bridgehead atoms. The van der Waals surface area contributed by atoms with E-state index in [9.17, 15) is 0 Å². The van der Waals surface area contributed by atoms with E-state index in [0.717, 1.165) is 47.3 Å². The molecule has 0 heterocycles. The summed E-state index contributed by atoms with van der Waals surface area (Å²) in [6, 6.07) is 0. The molecule has 1 saturated carbocycles. The Bertz CT molecular complexity index is 297. The van der Waals surface area contributed by atoms with Crippen molar-refractivity contribution in [2.45, 2.75) is 100 Å². The average Bonchev–Trinajstić information content (AvgIpc) is 2.53. The number of rotatable bonds is 9. The van der Waals surface area contributed by atoms with Crippen LogP contribution in [0.5, 0.6) is 0 Å². The molecule has 0 aliphatic heterocycles. The third kappa shape index (κ3) is 6.79. The standard InChI is InChI=1S/C23H46/c1-9-17(4)22-10-12-23(13-11-22)21(8)15-20(7)19(6)14-18(5)16(2)3/h16-23H,9-15H2,1-8H3. The zero-order valence-electron chi connectivity index (χ0n) is 17.6. The Morgan fingerprint density at radius 2 is 1.04 bits per heavy atom. The van der Waals surface area contributed by atoms with Gasteiger partial charge in [0.2, 0.25) is 0 Å². The van der Waals surface area contributed by atoms with Crippen molar-refractivity contribution in [3.05, 3.63) is 0 Å². The first-order valence-electron chi connectivity index (χ1n) is 10.8. The minimum Gasteiger partial charge on any atom is -0.0651 e. The molecule has 0 spiro atoms. The maximum atomic E-state index is 2.54. The Morgan fingerprint density at radius 3 is 1.48 bits per heavy atom. The second-order valence-corrected chi connectivity index (χ2v) is 9.68. The van der Waals surface area contributed by atoms with Gasteiger partial charge < -0.3 is 0 Å². The molecular formula is C23H46. The fourth-order valence-electron chi connectivity index (χ4n) is 4.72. The highest BCUT2D eigenvalue weighted by atomic mass is 14.3. The van der Waals surface area contributed by atoms with Gasteiger partial charge in [-0.2, -0.15) is 0 Å². The molecule has 1 fully saturated rings. The number of hydrogen-bond donors (Lipinski definition) is 0. The molecule has 0 saturated heterocycles. The second kappa shape index (κ2) is 10.1. The Kier molecular flexibility index (Phi) is 9.24. The van der Waals surface area contributed by atoms with Gasteiger partial charge in [-0.25, -0.2) is 0 Å². The van der Waals surface area contributed by atoms with E-state index in [-0.39, 0.29) is 0 Å². The second-order valence-electron chi connectivity index (χ2n) is 9.68. The summed E-state index contributed by atoms with van der Waals surface area (Å²) in [4.78, 5) is 0. The molecule has 0 aromatic carbocycles. The summed E-state index contributed by atoms with van der Waals surface area (Å²) in [5.41, 5.74) is 0. The van der Waals surface area contributed by atoms with Crippen molar-refractivity contribution in [2.24, 2.45) is 47.3 Å². The van der Waals surface area contributed by atoms with Gasteiger partial charge in [-0.15, -0.1) is 0 Å². The van der Waals surface area contributed by atoms with Crippen molar-refractivity contribution in [3.63, 3.8) is 0 Å². The predicted molar refractivity (Wildman–Crippen MR) is 106 cm³/mol. The number of hydrogen-bond acceptors (Lipinski definition) is 0. The maximum absolute atomic E-state index is 2.54. The molecule has 0 amide bonds. The van der Waals surface area contributed by atoms with E-state index in [1.807, 2.05) is 0 Å². The Balaban J connectivity index is 2.37. The summed E-state index contributed by atoms with van der Waals surface area (Å²) in [7, 11) is 0. The predicted octanol–water partition coefficient (Wildman–Crippen LogP) is 7.82. The third-order valence-corrected chi connectivity index (χ3v) is 7.67. The van der Waals surface area contributed by atoms with Crippen molar-refractivity contribution in [1.29, 1.82) is 0 Å². The van der Waals surface area contributed by atoms with Crippen LogP contribution >= 0.6 is 0 Å². The highest BCUT2D eigenvalue weighted by Gasteiger charge is 2.29. The molecule has 138 valence electrons.